The molecule has 3 nitrogen and oxygen atoms in total. The van der Waals surface area contributed by atoms with E-state index in [1.54, 1.807) is 0 Å². The summed E-state index contributed by atoms with van der Waals surface area (Å²) in [5.74, 6) is 0. The van der Waals surface area contributed by atoms with Gasteiger partial charge in [0.1, 0.15) is 5.39 Å². The van der Waals surface area contributed by atoms with Gasteiger partial charge in [-0.15, -0.1) is 0 Å². The number of H-pyrrole nitrogens is 1. The summed E-state index contributed by atoms with van der Waals surface area (Å²) in [4.78, 5) is 8.56. The number of fused-ring (bicyclic) bond motifs is 6. The maximum atomic E-state index is 5.04. The van der Waals surface area contributed by atoms with Gasteiger partial charge in [0, 0.05) is 16.5 Å². The van der Waals surface area contributed by atoms with Crippen LogP contribution in [0.3, 0.4) is 0 Å². The highest BCUT2D eigenvalue weighted by molar-refractivity contribution is 6.12. The first-order valence-electron chi connectivity index (χ1n) is 9.09. The molecule has 0 saturated heterocycles. The minimum absolute atomic E-state index is 0.923. The second-order valence-corrected chi connectivity index (χ2v) is 6.82. The van der Waals surface area contributed by atoms with E-state index in [0.29, 0.717) is 0 Å². The molecule has 0 aliphatic heterocycles. The molecule has 1 N–H and O–H groups in total. The van der Waals surface area contributed by atoms with Crippen molar-refractivity contribution in [3.63, 3.8) is 0 Å². The maximum Gasteiger partial charge on any atom is 0.338 e. The molecule has 126 valence electrons. The zero-order chi connectivity index (χ0) is 17.8. The molecule has 0 fully saturated rings. The van der Waals surface area contributed by atoms with Crippen molar-refractivity contribution in [2.24, 2.45) is 0 Å². The topological polar surface area (TPSA) is 32.8 Å². The van der Waals surface area contributed by atoms with Crippen LogP contribution in [0.25, 0.3) is 49.6 Å². The van der Waals surface area contributed by atoms with Crippen molar-refractivity contribution in [1.29, 1.82) is 0 Å². The Labute approximate surface area is 155 Å². The van der Waals surface area contributed by atoms with Crippen LogP contribution in [0.4, 0.5) is 0 Å². The van der Waals surface area contributed by atoms with Gasteiger partial charge in [-0.25, -0.2) is 0 Å². The SMILES string of the molecule is c1ccc(-c2c3c(nc4c5ccccc5cc[n+]24)[nH]c2ccccc23)cc1. The fraction of sp³-hybridized carbons (Fsp3) is 0. The van der Waals surface area contributed by atoms with Gasteiger partial charge >= 0.3 is 5.65 Å². The van der Waals surface area contributed by atoms with Crippen molar-refractivity contribution < 1.29 is 4.40 Å². The zero-order valence-electron chi connectivity index (χ0n) is 14.6. The molecule has 0 radical (unpaired) electrons. The molecule has 0 aliphatic rings. The summed E-state index contributed by atoms with van der Waals surface area (Å²) in [5.41, 5.74) is 5.34. The lowest BCUT2D eigenvalue weighted by molar-refractivity contribution is -0.499. The summed E-state index contributed by atoms with van der Waals surface area (Å²) in [6.45, 7) is 0. The molecular formula is C24H16N3+. The first kappa shape index (κ1) is 14.4. The molecule has 0 unspecified atom stereocenters. The Morgan fingerprint density at radius 2 is 1.44 bits per heavy atom. The van der Waals surface area contributed by atoms with Gasteiger partial charge in [-0.3, -0.25) is 0 Å². The third kappa shape index (κ3) is 2.02. The Balaban J connectivity index is 1.93. The number of rotatable bonds is 1. The second kappa shape index (κ2) is 5.39. The first-order valence-corrected chi connectivity index (χ1v) is 9.09. The average molecular weight is 346 g/mol. The number of pyridine rings is 1. The van der Waals surface area contributed by atoms with Crippen LogP contribution in [-0.4, -0.2) is 9.97 Å². The normalized spacial score (nSPS) is 11.7. The highest BCUT2D eigenvalue weighted by Gasteiger charge is 2.23. The summed E-state index contributed by atoms with van der Waals surface area (Å²) in [6, 6.07) is 29.5. The van der Waals surface area contributed by atoms with Crippen molar-refractivity contribution in [2.45, 2.75) is 0 Å². The van der Waals surface area contributed by atoms with Crippen molar-refractivity contribution in [3.8, 4) is 11.3 Å². The zero-order valence-corrected chi connectivity index (χ0v) is 14.6. The van der Waals surface area contributed by atoms with Gasteiger partial charge in [0.15, 0.2) is 5.69 Å². The van der Waals surface area contributed by atoms with Crippen LogP contribution < -0.4 is 4.40 Å². The summed E-state index contributed by atoms with van der Waals surface area (Å²) >= 11 is 0. The Morgan fingerprint density at radius 1 is 0.704 bits per heavy atom. The predicted molar refractivity (Wildman–Crippen MR) is 110 cm³/mol. The molecule has 6 aromatic rings. The van der Waals surface area contributed by atoms with E-state index >= 15 is 0 Å². The molecule has 6 rings (SSSR count). The van der Waals surface area contributed by atoms with Gasteiger partial charge in [0.25, 0.3) is 5.65 Å². The number of benzene rings is 3. The van der Waals surface area contributed by atoms with Crippen LogP contribution in [-0.2, 0) is 0 Å². The molecule has 0 amide bonds. The summed E-state index contributed by atoms with van der Waals surface area (Å²) in [6.07, 6.45) is 2.13. The molecule has 3 heterocycles. The van der Waals surface area contributed by atoms with Gasteiger partial charge in [-0.2, -0.15) is 4.40 Å². The second-order valence-electron chi connectivity index (χ2n) is 6.82. The van der Waals surface area contributed by atoms with E-state index in [1.165, 1.54) is 22.0 Å². The number of nitrogens with zero attached hydrogens (tertiary/aromatic N) is 2. The Hall–Kier alpha value is -3.72. The molecule has 3 heteroatoms. The molecule has 0 saturated carbocycles. The predicted octanol–water partition coefficient (Wildman–Crippen LogP) is 5.28. The molecular weight excluding hydrogens is 330 g/mol. The maximum absolute atomic E-state index is 5.04. The van der Waals surface area contributed by atoms with Gasteiger partial charge in [0.2, 0.25) is 0 Å². The third-order valence-electron chi connectivity index (χ3n) is 5.26. The monoisotopic (exact) mass is 346 g/mol. The molecule has 0 spiro atoms. The number of para-hydroxylation sites is 1. The van der Waals surface area contributed by atoms with E-state index in [0.717, 1.165) is 27.6 Å². The molecule has 0 atom stereocenters. The van der Waals surface area contributed by atoms with Gasteiger partial charge in [0.05, 0.1) is 11.6 Å². The third-order valence-corrected chi connectivity index (χ3v) is 5.26. The standard InChI is InChI=1S/C24H15N3/c1-2-9-17(10-3-1)22-21-19-12-6-7-13-20(19)25-23(21)26-24-18-11-5-4-8-16(18)14-15-27(22)24/h1-15H/p+1. The van der Waals surface area contributed by atoms with E-state index in [4.69, 9.17) is 4.98 Å². The number of nitrogens with one attached hydrogen (secondary N) is 1. The Morgan fingerprint density at radius 3 is 2.33 bits per heavy atom. The lowest BCUT2D eigenvalue weighted by Gasteiger charge is -2.06. The van der Waals surface area contributed by atoms with Crippen LogP contribution in [0.1, 0.15) is 0 Å². The lowest BCUT2D eigenvalue weighted by atomic mass is 10.0. The molecule has 3 aromatic heterocycles. The lowest BCUT2D eigenvalue weighted by Crippen LogP contribution is -2.26. The van der Waals surface area contributed by atoms with Crippen molar-refractivity contribution in [3.05, 3.63) is 91.1 Å². The Bertz CT molecular complexity index is 1460. The van der Waals surface area contributed by atoms with E-state index in [9.17, 15) is 0 Å². The fourth-order valence-corrected chi connectivity index (χ4v) is 4.05. The number of aromatic nitrogens is 3. The van der Waals surface area contributed by atoms with Crippen molar-refractivity contribution >= 4 is 38.4 Å². The summed E-state index contributed by atoms with van der Waals surface area (Å²) < 4.78 is 2.22. The average Bonchev–Trinajstić information content (AvgIpc) is 3.11. The van der Waals surface area contributed by atoms with Gasteiger partial charge in [-0.05, 0) is 28.6 Å². The quantitative estimate of drug-likeness (QED) is 0.319. The van der Waals surface area contributed by atoms with Crippen LogP contribution in [0.5, 0.6) is 0 Å². The minimum Gasteiger partial charge on any atom is -0.318 e. The van der Waals surface area contributed by atoms with Gasteiger partial charge < -0.3 is 4.98 Å². The van der Waals surface area contributed by atoms with E-state index in [-0.39, 0.29) is 0 Å². The molecule has 0 aliphatic carbocycles. The molecule has 0 bridgehead atoms. The molecule has 3 aromatic carbocycles. The smallest absolute Gasteiger partial charge is 0.318 e. The van der Waals surface area contributed by atoms with E-state index in [2.05, 4.69) is 101 Å². The van der Waals surface area contributed by atoms with Crippen LogP contribution in [0, 0.1) is 0 Å². The highest BCUT2D eigenvalue weighted by Crippen LogP contribution is 2.32. The number of hydrogen-bond donors (Lipinski definition) is 1. The van der Waals surface area contributed by atoms with Crippen molar-refractivity contribution in [2.75, 3.05) is 0 Å². The summed E-state index contributed by atoms with van der Waals surface area (Å²) in [7, 11) is 0. The van der Waals surface area contributed by atoms with Crippen molar-refractivity contribution in [1.82, 2.24) is 9.97 Å². The summed E-state index contributed by atoms with van der Waals surface area (Å²) in [5, 5.41) is 4.70. The first-order chi connectivity index (χ1) is 13.4. The van der Waals surface area contributed by atoms with Crippen LogP contribution >= 0.6 is 0 Å². The van der Waals surface area contributed by atoms with Crippen LogP contribution in [0.2, 0.25) is 0 Å². The number of hydrogen-bond acceptors (Lipinski definition) is 1. The van der Waals surface area contributed by atoms with Gasteiger partial charge in [-0.1, -0.05) is 66.7 Å². The largest absolute Gasteiger partial charge is 0.338 e. The highest BCUT2D eigenvalue weighted by atomic mass is 15.0. The van der Waals surface area contributed by atoms with E-state index < -0.39 is 0 Å². The van der Waals surface area contributed by atoms with E-state index in [1.807, 2.05) is 0 Å². The Kier molecular flexibility index (Phi) is 2.88. The van der Waals surface area contributed by atoms with Crippen LogP contribution in [0.15, 0.2) is 91.1 Å². The molecule has 27 heavy (non-hydrogen) atoms. The fourth-order valence-electron chi connectivity index (χ4n) is 4.05. The number of aromatic amines is 1. The minimum atomic E-state index is 0.923.